The Hall–Kier alpha value is -0.710. The average Bonchev–Trinajstić information content (AvgIpc) is 2.96. The first-order chi connectivity index (χ1) is 10.6. The third kappa shape index (κ3) is 2.45. The highest BCUT2D eigenvalue weighted by Gasteiger charge is 2.30. The second-order valence-electron chi connectivity index (χ2n) is 5.95. The number of nitrogens with one attached hydrogen (secondary N) is 1. The van der Waals surface area contributed by atoms with E-state index in [1.165, 1.54) is 27.1 Å². The van der Waals surface area contributed by atoms with E-state index >= 15 is 0 Å². The van der Waals surface area contributed by atoms with Gasteiger partial charge in [-0.1, -0.05) is 35.3 Å². The van der Waals surface area contributed by atoms with Gasteiger partial charge in [0, 0.05) is 40.5 Å². The highest BCUT2D eigenvalue weighted by molar-refractivity contribution is 7.97. The maximum atomic E-state index is 6.46. The van der Waals surface area contributed by atoms with E-state index in [1.807, 2.05) is 6.07 Å². The molecule has 2 aliphatic heterocycles. The minimum atomic E-state index is 0.320. The standard InChI is InChI=1S/C17H16Cl2N2S/c1-21-8-14(11-3-2-4-17-13(11)7-20-22-17)12-5-10(18)6-16(19)15(12)9-21/h2-6,14,20H,7-9H2,1H3. The summed E-state index contributed by atoms with van der Waals surface area (Å²) in [5.41, 5.74) is 5.29. The summed E-state index contributed by atoms with van der Waals surface area (Å²) in [5.74, 6) is 0.320. The number of hydrogen-bond acceptors (Lipinski definition) is 3. The maximum absolute atomic E-state index is 6.46. The Bertz CT molecular complexity index is 748. The van der Waals surface area contributed by atoms with Gasteiger partial charge in [0.25, 0.3) is 0 Å². The lowest BCUT2D eigenvalue weighted by atomic mass is 9.82. The molecule has 0 amide bonds. The molecule has 0 aliphatic carbocycles. The maximum Gasteiger partial charge on any atom is 0.0468 e. The molecule has 4 rings (SSSR count). The first kappa shape index (κ1) is 14.9. The SMILES string of the molecule is CN1Cc2c(Cl)cc(Cl)cc2C(c2cccc3c2CNS3)C1. The molecule has 0 bridgehead atoms. The van der Waals surface area contributed by atoms with E-state index in [0.29, 0.717) is 5.92 Å². The summed E-state index contributed by atoms with van der Waals surface area (Å²) >= 11 is 14.4. The summed E-state index contributed by atoms with van der Waals surface area (Å²) in [6.07, 6.45) is 0. The van der Waals surface area contributed by atoms with E-state index in [9.17, 15) is 0 Å². The first-order valence-electron chi connectivity index (χ1n) is 7.31. The number of hydrogen-bond donors (Lipinski definition) is 1. The van der Waals surface area contributed by atoms with Crippen LogP contribution in [0.25, 0.3) is 0 Å². The molecule has 2 aromatic carbocycles. The molecule has 0 radical (unpaired) electrons. The average molecular weight is 351 g/mol. The molecular formula is C17H16Cl2N2S. The molecule has 2 heterocycles. The fourth-order valence-electron chi connectivity index (χ4n) is 3.49. The Morgan fingerprint density at radius 3 is 2.91 bits per heavy atom. The van der Waals surface area contributed by atoms with Gasteiger partial charge in [-0.15, -0.1) is 0 Å². The van der Waals surface area contributed by atoms with Crippen LogP contribution in [0.4, 0.5) is 0 Å². The van der Waals surface area contributed by atoms with Gasteiger partial charge >= 0.3 is 0 Å². The van der Waals surface area contributed by atoms with Crippen molar-refractivity contribution in [3.63, 3.8) is 0 Å². The zero-order valence-corrected chi connectivity index (χ0v) is 14.5. The highest BCUT2D eigenvalue weighted by atomic mass is 35.5. The lowest BCUT2D eigenvalue weighted by molar-refractivity contribution is 0.294. The largest absolute Gasteiger partial charge is 0.301 e. The molecule has 0 saturated heterocycles. The van der Waals surface area contributed by atoms with E-state index in [-0.39, 0.29) is 0 Å². The third-order valence-corrected chi connectivity index (χ3v) is 5.91. The van der Waals surface area contributed by atoms with Crippen molar-refractivity contribution in [2.24, 2.45) is 0 Å². The molecule has 5 heteroatoms. The molecule has 114 valence electrons. The van der Waals surface area contributed by atoms with Crippen molar-refractivity contribution in [2.75, 3.05) is 13.6 Å². The number of rotatable bonds is 1. The number of fused-ring (bicyclic) bond motifs is 2. The van der Waals surface area contributed by atoms with Crippen molar-refractivity contribution >= 4 is 35.1 Å². The van der Waals surface area contributed by atoms with Gasteiger partial charge in [0.2, 0.25) is 0 Å². The number of likely N-dealkylation sites (N-methyl/N-ethyl adjacent to an activating group) is 1. The van der Waals surface area contributed by atoms with Gasteiger partial charge in [-0.05, 0) is 59.4 Å². The third-order valence-electron chi connectivity index (χ3n) is 4.47. The zero-order chi connectivity index (χ0) is 15.3. The van der Waals surface area contributed by atoms with Gasteiger partial charge in [0.05, 0.1) is 0 Å². The van der Waals surface area contributed by atoms with Gasteiger partial charge in [-0.3, -0.25) is 4.72 Å². The predicted molar refractivity (Wildman–Crippen MR) is 93.8 cm³/mol. The van der Waals surface area contributed by atoms with Crippen LogP contribution < -0.4 is 4.72 Å². The topological polar surface area (TPSA) is 15.3 Å². The Balaban J connectivity index is 1.89. The van der Waals surface area contributed by atoms with Gasteiger partial charge in [0.1, 0.15) is 0 Å². The minimum absolute atomic E-state index is 0.320. The van der Waals surface area contributed by atoms with Crippen molar-refractivity contribution in [1.29, 1.82) is 0 Å². The van der Waals surface area contributed by atoms with Gasteiger partial charge in [-0.2, -0.15) is 0 Å². The molecule has 2 nitrogen and oxygen atoms in total. The van der Waals surface area contributed by atoms with Crippen LogP contribution in [-0.2, 0) is 13.1 Å². The van der Waals surface area contributed by atoms with Crippen molar-refractivity contribution in [3.8, 4) is 0 Å². The molecule has 0 saturated carbocycles. The number of halogens is 2. The summed E-state index contributed by atoms with van der Waals surface area (Å²) in [6, 6.07) is 10.5. The Labute approximate surface area is 144 Å². The molecule has 22 heavy (non-hydrogen) atoms. The van der Waals surface area contributed by atoms with Crippen LogP contribution in [0.3, 0.4) is 0 Å². The summed E-state index contributed by atoms with van der Waals surface area (Å²) < 4.78 is 3.38. The van der Waals surface area contributed by atoms with E-state index in [0.717, 1.165) is 29.7 Å². The zero-order valence-electron chi connectivity index (χ0n) is 12.2. The van der Waals surface area contributed by atoms with E-state index in [1.54, 1.807) is 11.9 Å². The first-order valence-corrected chi connectivity index (χ1v) is 8.88. The summed E-state index contributed by atoms with van der Waals surface area (Å²) in [6.45, 7) is 2.79. The molecular weight excluding hydrogens is 335 g/mol. The number of benzene rings is 2. The molecule has 1 atom stereocenters. The molecule has 1 unspecified atom stereocenters. The normalized spacial score (nSPS) is 20.8. The summed E-state index contributed by atoms with van der Waals surface area (Å²) in [7, 11) is 2.15. The second-order valence-corrected chi connectivity index (χ2v) is 7.73. The van der Waals surface area contributed by atoms with Crippen LogP contribution in [0, 0.1) is 0 Å². The van der Waals surface area contributed by atoms with Gasteiger partial charge in [-0.25, -0.2) is 0 Å². The van der Waals surface area contributed by atoms with Gasteiger partial charge in [0.15, 0.2) is 0 Å². The summed E-state index contributed by atoms with van der Waals surface area (Å²) in [5, 5.41) is 1.50. The fourth-order valence-corrected chi connectivity index (χ4v) is 4.89. The van der Waals surface area contributed by atoms with Crippen molar-refractivity contribution < 1.29 is 0 Å². The van der Waals surface area contributed by atoms with Crippen molar-refractivity contribution in [2.45, 2.75) is 23.9 Å². The Kier molecular flexibility index (Phi) is 3.87. The quantitative estimate of drug-likeness (QED) is 0.751. The van der Waals surface area contributed by atoms with E-state index < -0.39 is 0 Å². The van der Waals surface area contributed by atoms with Crippen molar-refractivity contribution in [3.05, 3.63) is 62.6 Å². The molecule has 0 aromatic heterocycles. The molecule has 2 aromatic rings. The van der Waals surface area contributed by atoms with Crippen LogP contribution >= 0.6 is 35.1 Å². The minimum Gasteiger partial charge on any atom is -0.301 e. The van der Waals surface area contributed by atoms with Crippen molar-refractivity contribution in [1.82, 2.24) is 9.62 Å². The van der Waals surface area contributed by atoms with E-state index in [4.69, 9.17) is 23.2 Å². The van der Waals surface area contributed by atoms with Crippen LogP contribution in [0.5, 0.6) is 0 Å². The lowest BCUT2D eigenvalue weighted by Gasteiger charge is -2.34. The number of nitrogens with zero attached hydrogens (tertiary/aromatic N) is 1. The Morgan fingerprint density at radius 2 is 2.05 bits per heavy atom. The van der Waals surface area contributed by atoms with E-state index in [2.05, 4.69) is 40.9 Å². The highest BCUT2D eigenvalue weighted by Crippen LogP contribution is 2.42. The van der Waals surface area contributed by atoms with Crippen LogP contribution in [-0.4, -0.2) is 18.5 Å². The monoisotopic (exact) mass is 350 g/mol. The smallest absolute Gasteiger partial charge is 0.0468 e. The van der Waals surface area contributed by atoms with Gasteiger partial charge < -0.3 is 4.90 Å². The van der Waals surface area contributed by atoms with Crippen LogP contribution in [0.2, 0.25) is 10.0 Å². The summed E-state index contributed by atoms with van der Waals surface area (Å²) in [4.78, 5) is 3.67. The molecule has 0 spiro atoms. The molecule has 2 aliphatic rings. The second kappa shape index (κ2) is 5.73. The van der Waals surface area contributed by atoms with Crippen LogP contribution in [0.15, 0.2) is 35.2 Å². The lowest BCUT2D eigenvalue weighted by Crippen LogP contribution is -2.31. The predicted octanol–water partition coefficient (Wildman–Crippen LogP) is 4.68. The fraction of sp³-hybridized carbons (Fsp3) is 0.294. The van der Waals surface area contributed by atoms with Crippen LogP contribution in [0.1, 0.15) is 28.2 Å². The molecule has 0 fully saturated rings. The Morgan fingerprint density at radius 1 is 1.18 bits per heavy atom. The molecule has 1 N–H and O–H groups in total.